The van der Waals surface area contributed by atoms with Gasteiger partial charge in [0.25, 0.3) is 0 Å². The maximum absolute atomic E-state index is 5.91. The number of halogens is 1. The van der Waals surface area contributed by atoms with Gasteiger partial charge in [-0.15, -0.1) is 0 Å². The summed E-state index contributed by atoms with van der Waals surface area (Å²) in [6.07, 6.45) is 0. The van der Waals surface area contributed by atoms with Crippen molar-refractivity contribution in [2.75, 3.05) is 6.61 Å². The average Bonchev–Trinajstić information content (AvgIpc) is 2.96. The van der Waals surface area contributed by atoms with Crippen molar-refractivity contribution in [1.29, 1.82) is 0 Å². The van der Waals surface area contributed by atoms with E-state index in [-0.39, 0.29) is 0 Å². The lowest BCUT2D eigenvalue weighted by Gasteiger charge is -2.00. The molecule has 2 heterocycles. The van der Waals surface area contributed by atoms with E-state index in [9.17, 15) is 0 Å². The van der Waals surface area contributed by atoms with Crippen LogP contribution >= 0.6 is 35.1 Å². The number of aromatic amines is 1. The summed E-state index contributed by atoms with van der Waals surface area (Å²) in [7, 11) is 0. The third-order valence-corrected chi connectivity index (χ3v) is 4.34. The van der Waals surface area contributed by atoms with E-state index >= 15 is 0 Å². The van der Waals surface area contributed by atoms with E-state index in [4.69, 9.17) is 16.3 Å². The molecule has 0 aliphatic rings. The topological polar surface area (TPSA) is 63.7 Å². The van der Waals surface area contributed by atoms with Gasteiger partial charge in [0.15, 0.2) is 15.3 Å². The van der Waals surface area contributed by atoms with Gasteiger partial charge < -0.3 is 9.72 Å². The summed E-state index contributed by atoms with van der Waals surface area (Å²) >= 11 is 8.36. The number of rotatable bonds is 4. The van der Waals surface area contributed by atoms with Gasteiger partial charge in [0, 0.05) is 6.07 Å². The number of aromatic nitrogens is 4. The second kappa shape index (κ2) is 5.36. The lowest BCUT2D eigenvalue weighted by atomic mass is 10.3. The highest BCUT2D eigenvalue weighted by atomic mass is 35.5. The van der Waals surface area contributed by atoms with Gasteiger partial charge in [0.2, 0.25) is 0 Å². The summed E-state index contributed by atoms with van der Waals surface area (Å²) in [5, 5.41) is 1.81. The highest BCUT2D eigenvalue weighted by Gasteiger charge is 2.11. The monoisotopic (exact) mass is 312 g/mol. The number of H-pyrrole nitrogens is 1. The molecule has 0 aliphatic heterocycles. The Bertz CT molecular complexity index is 712. The Kier molecular flexibility index (Phi) is 3.58. The number of benzene rings is 1. The number of nitrogens with zero attached hydrogens (tertiary/aromatic N) is 3. The summed E-state index contributed by atoms with van der Waals surface area (Å²) in [6.45, 7) is 2.59. The molecule has 0 spiro atoms. The largest absolute Gasteiger partial charge is 0.494 e. The first-order valence-electron chi connectivity index (χ1n) is 5.54. The molecule has 0 atom stereocenters. The molecule has 0 fully saturated rings. The van der Waals surface area contributed by atoms with Crippen LogP contribution in [-0.2, 0) is 0 Å². The predicted octanol–water partition coefficient (Wildman–Crippen LogP) is 3.62. The van der Waals surface area contributed by atoms with Gasteiger partial charge >= 0.3 is 0 Å². The van der Waals surface area contributed by atoms with Crippen LogP contribution in [0.1, 0.15) is 6.92 Å². The zero-order chi connectivity index (χ0) is 13.2. The van der Waals surface area contributed by atoms with Gasteiger partial charge in [-0.2, -0.15) is 8.75 Å². The van der Waals surface area contributed by atoms with Crippen molar-refractivity contribution in [2.24, 2.45) is 0 Å². The fraction of sp³-hybridized carbons (Fsp3) is 0.182. The third kappa shape index (κ3) is 2.68. The number of fused-ring (bicyclic) bond motifs is 1. The molecular formula is C11H9ClN4OS2. The molecule has 0 amide bonds. The molecule has 98 valence electrons. The van der Waals surface area contributed by atoms with Crippen LogP contribution in [0.4, 0.5) is 0 Å². The van der Waals surface area contributed by atoms with Crippen molar-refractivity contribution in [1.82, 2.24) is 18.7 Å². The second-order valence-corrected chi connectivity index (χ2v) is 5.48. The minimum absolute atomic E-state index is 0.408. The first-order valence-corrected chi connectivity index (χ1v) is 7.47. The van der Waals surface area contributed by atoms with E-state index in [1.807, 2.05) is 25.1 Å². The first-order chi connectivity index (χ1) is 9.26. The van der Waals surface area contributed by atoms with Crippen molar-refractivity contribution in [3.63, 3.8) is 0 Å². The summed E-state index contributed by atoms with van der Waals surface area (Å²) in [6, 6.07) is 5.75. The van der Waals surface area contributed by atoms with E-state index in [1.54, 1.807) is 0 Å². The molecule has 0 bridgehead atoms. The van der Waals surface area contributed by atoms with Crippen LogP contribution in [0.3, 0.4) is 0 Å². The van der Waals surface area contributed by atoms with Crippen LogP contribution in [0.25, 0.3) is 11.0 Å². The number of hydrogen-bond donors (Lipinski definition) is 1. The molecule has 2 aromatic heterocycles. The molecule has 0 radical (unpaired) electrons. The summed E-state index contributed by atoms with van der Waals surface area (Å²) in [5.41, 5.74) is 1.80. The van der Waals surface area contributed by atoms with Crippen molar-refractivity contribution in [3.8, 4) is 5.75 Å². The van der Waals surface area contributed by atoms with E-state index in [0.29, 0.717) is 16.8 Å². The second-order valence-electron chi connectivity index (χ2n) is 3.62. The molecule has 3 aromatic rings. The van der Waals surface area contributed by atoms with E-state index in [0.717, 1.165) is 33.7 Å². The Balaban J connectivity index is 1.91. The molecule has 0 unspecified atom stereocenters. The molecule has 0 saturated heterocycles. The molecule has 1 N–H and O–H groups in total. The van der Waals surface area contributed by atoms with Gasteiger partial charge in [-0.25, -0.2) is 4.98 Å². The fourth-order valence-corrected chi connectivity index (χ4v) is 3.18. The van der Waals surface area contributed by atoms with Crippen LogP contribution < -0.4 is 4.74 Å². The predicted molar refractivity (Wildman–Crippen MR) is 76.3 cm³/mol. The van der Waals surface area contributed by atoms with Crippen molar-refractivity contribution in [3.05, 3.63) is 23.4 Å². The molecule has 1 aromatic carbocycles. The first kappa shape index (κ1) is 12.7. The minimum atomic E-state index is 0.408. The highest BCUT2D eigenvalue weighted by molar-refractivity contribution is 7.99. The van der Waals surface area contributed by atoms with Gasteiger partial charge in [-0.3, -0.25) is 0 Å². The maximum Gasteiger partial charge on any atom is 0.177 e. The normalized spacial score (nSPS) is 11.1. The molecule has 5 nitrogen and oxygen atoms in total. The fourth-order valence-electron chi connectivity index (χ4n) is 1.59. The standard InChI is InChI=1S/C11H9ClN4OS2/c1-2-17-6-3-4-7-8(5-6)14-11(13-7)18-10-9(12)15-19-16-10/h3-5H,2H2,1H3,(H,13,14). The van der Waals surface area contributed by atoms with Gasteiger partial charge in [-0.1, -0.05) is 11.6 Å². The lowest BCUT2D eigenvalue weighted by Crippen LogP contribution is -1.90. The van der Waals surface area contributed by atoms with E-state index in [2.05, 4.69) is 18.7 Å². The molecule has 19 heavy (non-hydrogen) atoms. The summed E-state index contributed by atoms with van der Waals surface area (Å²) in [5.74, 6) is 0.823. The van der Waals surface area contributed by atoms with Gasteiger partial charge in [0.05, 0.1) is 29.4 Å². The third-order valence-electron chi connectivity index (χ3n) is 2.36. The Morgan fingerprint density at radius 3 is 3.05 bits per heavy atom. The number of imidazole rings is 1. The van der Waals surface area contributed by atoms with Crippen LogP contribution in [0.2, 0.25) is 5.15 Å². The number of nitrogens with one attached hydrogen (secondary N) is 1. The minimum Gasteiger partial charge on any atom is -0.494 e. The zero-order valence-corrected chi connectivity index (χ0v) is 12.3. The lowest BCUT2D eigenvalue weighted by molar-refractivity contribution is 0.340. The van der Waals surface area contributed by atoms with Crippen LogP contribution in [0.5, 0.6) is 5.75 Å². The molecule has 0 aliphatic carbocycles. The highest BCUT2D eigenvalue weighted by Crippen LogP contribution is 2.31. The number of hydrogen-bond acceptors (Lipinski definition) is 6. The molecule has 0 saturated carbocycles. The quantitative estimate of drug-likeness (QED) is 0.797. The maximum atomic E-state index is 5.91. The van der Waals surface area contributed by atoms with E-state index < -0.39 is 0 Å². The van der Waals surface area contributed by atoms with E-state index in [1.165, 1.54) is 11.8 Å². The van der Waals surface area contributed by atoms with Crippen LogP contribution in [0, 0.1) is 0 Å². The van der Waals surface area contributed by atoms with Crippen molar-refractivity contribution >= 4 is 46.1 Å². The Hall–Kier alpha value is -1.31. The SMILES string of the molecule is CCOc1ccc2nc(Sc3nsnc3Cl)[nH]c2c1. The summed E-state index contributed by atoms with van der Waals surface area (Å²) < 4.78 is 13.5. The number of ether oxygens (including phenoxy) is 1. The zero-order valence-electron chi connectivity index (χ0n) is 9.88. The Labute approximate surface area is 122 Å². The average molecular weight is 313 g/mol. The van der Waals surface area contributed by atoms with Gasteiger partial charge in [-0.05, 0) is 30.8 Å². The Morgan fingerprint density at radius 1 is 1.42 bits per heavy atom. The summed E-state index contributed by atoms with van der Waals surface area (Å²) in [4.78, 5) is 7.67. The van der Waals surface area contributed by atoms with Crippen molar-refractivity contribution in [2.45, 2.75) is 17.1 Å². The van der Waals surface area contributed by atoms with Crippen LogP contribution in [0.15, 0.2) is 28.4 Å². The van der Waals surface area contributed by atoms with Gasteiger partial charge in [0.1, 0.15) is 5.75 Å². The Morgan fingerprint density at radius 2 is 2.32 bits per heavy atom. The van der Waals surface area contributed by atoms with Crippen LogP contribution in [-0.4, -0.2) is 25.3 Å². The smallest absolute Gasteiger partial charge is 0.177 e. The molecular weight excluding hydrogens is 304 g/mol. The molecule has 8 heteroatoms. The van der Waals surface area contributed by atoms with Crippen molar-refractivity contribution < 1.29 is 4.74 Å². The molecule has 3 rings (SSSR count).